The van der Waals surface area contributed by atoms with Crippen LogP contribution in [-0.4, -0.2) is 23.0 Å². The van der Waals surface area contributed by atoms with Gasteiger partial charge >= 0.3 is 5.97 Å². The zero-order chi connectivity index (χ0) is 14.3. The molecule has 0 aliphatic carbocycles. The first-order chi connectivity index (χ1) is 9.01. The SMILES string of the molecule is CCC(CC(=O)O)NC(=O)/C=C/c1ccc(F)cc1. The van der Waals surface area contributed by atoms with Gasteiger partial charge < -0.3 is 10.4 Å². The molecule has 1 unspecified atom stereocenters. The number of carboxylic acid groups (broad SMARTS) is 1. The summed E-state index contributed by atoms with van der Waals surface area (Å²) in [6.45, 7) is 1.80. The molecule has 4 nitrogen and oxygen atoms in total. The van der Waals surface area contributed by atoms with Crippen LogP contribution in [0.3, 0.4) is 0 Å². The molecule has 5 heteroatoms. The van der Waals surface area contributed by atoms with Gasteiger partial charge in [0.05, 0.1) is 6.42 Å². The quantitative estimate of drug-likeness (QED) is 0.775. The van der Waals surface area contributed by atoms with E-state index in [0.29, 0.717) is 12.0 Å². The molecule has 0 aliphatic heterocycles. The summed E-state index contributed by atoms with van der Waals surface area (Å²) in [6, 6.07) is 5.32. The smallest absolute Gasteiger partial charge is 0.305 e. The molecule has 0 heterocycles. The van der Waals surface area contributed by atoms with Crippen LogP contribution in [0.5, 0.6) is 0 Å². The van der Waals surface area contributed by atoms with Crippen LogP contribution in [0.1, 0.15) is 25.3 Å². The van der Waals surface area contributed by atoms with Crippen molar-refractivity contribution in [2.45, 2.75) is 25.8 Å². The molecule has 0 radical (unpaired) electrons. The van der Waals surface area contributed by atoms with Gasteiger partial charge in [-0.1, -0.05) is 19.1 Å². The van der Waals surface area contributed by atoms with E-state index in [2.05, 4.69) is 5.32 Å². The van der Waals surface area contributed by atoms with Crippen molar-refractivity contribution in [3.63, 3.8) is 0 Å². The number of carboxylic acids is 1. The maximum atomic E-state index is 12.7. The van der Waals surface area contributed by atoms with Gasteiger partial charge in [0.1, 0.15) is 5.82 Å². The fourth-order valence-electron chi connectivity index (χ4n) is 1.50. The summed E-state index contributed by atoms with van der Waals surface area (Å²) in [6.07, 6.45) is 3.29. The summed E-state index contributed by atoms with van der Waals surface area (Å²) < 4.78 is 12.7. The van der Waals surface area contributed by atoms with Gasteiger partial charge in [0, 0.05) is 12.1 Å². The van der Waals surface area contributed by atoms with Crippen LogP contribution in [0.25, 0.3) is 6.08 Å². The van der Waals surface area contributed by atoms with Crippen molar-refractivity contribution in [3.05, 3.63) is 41.7 Å². The highest BCUT2D eigenvalue weighted by molar-refractivity contribution is 5.92. The van der Waals surface area contributed by atoms with Crippen LogP contribution in [-0.2, 0) is 9.59 Å². The van der Waals surface area contributed by atoms with Crippen molar-refractivity contribution in [1.29, 1.82) is 0 Å². The molecule has 1 aromatic carbocycles. The molecule has 1 atom stereocenters. The highest BCUT2D eigenvalue weighted by Crippen LogP contribution is 2.05. The van der Waals surface area contributed by atoms with Crippen molar-refractivity contribution < 1.29 is 19.1 Å². The van der Waals surface area contributed by atoms with E-state index in [1.807, 2.05) is 0 Å². The normalized spacial score (nSPS) is 12.3. The maximum Gasteiger partial charge on any atom is 0.305 e. The predicted octanol–water partition coefficient (Wildman–Crippen LogP) is 2.21. The van der Waals surface area contributed by atoms with Crippen LogP contribution in [0.4, 0.5) is 4.39 Å². The highest BCUT2D eigenvalue weighted by Gasteiger charge is 2.12. The number of aliphatic carboxylic acids is 1. The lowest BCUT2D eigenvalue weighted by Crippen LogP contribution is -2.34. The Morgan fingerprint density at radius 2 is 2.00 bits per heavy atom. The average Bonchev–Trinajstić information content (AvgIpc) is 2.36. The van der Waals surface area contributed by atoms with E-state index in [1.165, 1.54) is 18.2 Å². The number of amides is 1. The van der Waals surface area contributed by atoms with Gasteiger partial charge in [-0.05, 0) is 30.2 Å². The van der Waals surface area contributed by atoms with E-state index in [4.69, 9.17) is 5.11 Å². The standard InChI is InChI=1S/C14H16FNO3/c1-2-12(9-14(18)19)16-13(17)8-5-10-3-6-11(15)7-4-10/h3-8,12H,2,9H2,1H3,(H,16,17)(H,18,19)/b8-5+. The van der Waals surface area contributed by atoms with Crippen LogP contribution in [0.15, 0.2) is 30.3 Å². The Labute approximate surface area is 110 Å². The topological polar surface area (TPSA) is 66.4 Å². The minimum atomic E-state index is -0.949. The highest BCUT2D eigenvalue weighted by atomic mass is 19.1. The number of carbonyl (C=O) groups is 2. The molecule has 0 bridgehead atoms. The minimum Gasteiger partial charge on any atom is -0.481 e. The second-order valence-corrected chi connectivity index (χ2v) is 4.10. The van der Waals surface area contributed by atoms with Gasteiger partial charge in [0.25, 0.3) is 0 Å². The zero-order valence-corrected chi connectivity index (χ0v) is 10.6. The van der Waals surface area contributed by atoms with Gasteiger partial charge in [-0.3, -0.25) is 9.59 Å². The molecule has 0 saturated heterocycles. The van der Waals surface area contributed by atoms with Gasteiger partial charge in [-0.15, -0.1) is 0 Å². The minimum absolute atomic E-state index is 0.105. The molecule has 1 rings (SSSR count). The lowest BCUT2D eigenvalue weighted by atomic mass is 10.1. The largest absolute Gasteiger partial charge is 0.481 e. The second-order valence-electron chi connectivity index (χ2n) is 4.10. The van der Waals surface area contributed by atoms with Crippen LogP contribution in [0.2, 0.25) is 0 Å². The predicted molar refractivity (Wildman–Crippen MR) is 69.9 cm³/mol. The summed E-state index contributed by atoms with van der Waals surface area (Å²) in [5, 5.41) is 11.3. The zero-order valence-electron chi connectivity index (χ0n) is 10.6. The molecular formula is C14H16FNO3. The molecule has 0 aromatic heterocycles. The molecule has 0 spiro atoms. The van der Waals surface area contributed by atoms with Gasteiger partial charge in [-0.2, -0.15) is 0 Å². The van der Waals surface area contributed by atoms with Crippen LogP contribution >= 0.6 is 0 Å². The average molecular weight is 265 g/mol. The third-order valence-corrected chi connectivity index (χ3v) is 2.56. The fraction of sp³-hybridized carbons (Fsp3) is 0.286. The molecule has 19 heavy (non-hydrogen) atoms. The molecule has 0 saturated carbocycles. The van der Waals surface area contributed by atoms with Crippen molar-refractivity contribution in [2.75, 3.05) is 0 Å². The second kappa shape index (κ2) is 7.31. The first-order valence-corrected chi connectivity index (χ1v) is 5.97. The molecule has 2 N–H and O–H groups in total. The number of carbonyl (C=O) groups excluding carboxylic acids is 1. The van der Waals surface area contributed by atoms with Crippen LogP contribution < -0.4 is 5.32 Å². The Morgan fingerprint density at radius 3 is 2.53 bits per heavy atom. The third-order valence-electron chi connectivity index (χ3n) is 2.56. The lowest BCUT2D eigenvalue weighted by Gasteiger charge is -2.12. The van der Waals surface area contributed by atoms with Crippen molar-refractivity contribution in [3.8, 4) is 0 Å². The van der Waals surface area contributed by atoms with Crippen molar-refractivity contribution >= 4 is 18.0 Å². The number of hydrogen-bond donors (Lipinski definition) is 2. The Bertz CT molecular complexity index is 468. The summed E-state index contributed by atoms with van der Waals surface area (Å²) >= 11 is 0. The Kier molecular flexibility index (Phi) is 5.73. The fourth-order valence-corrected chi connectivity index (χ4v) is 1.50. The van der Waals surface area contributed by atoms with E-state index < -0.39 is 5.97 Å². The van der Waals surface area contributed by atoms with Crippen LogP contribution in [0, 0.1) is 5.82 Å². The number of halogens is 1. The number of hydrogen-bond acceptors (Lipinski definition) is 2. The van der Waals surface area contributed by atoms with E-state index in [0.717, 1.165) is 0 Å². The van der Waals surface area contributed by atoms with E-state index in [9.17, 15) is 14.0 Å². The van der Waals surface area contributed by atoms with Gasteiger partial charge in [0.15, 0.2) is 0 Å². The summed E-state index contributed by atoms with van der Waals surface area (Å²) in [4.78, 5) is 22.1. The number of rotatable bonds is 6. The lowest BCUT2D eigenvalue weighted by molar-refractivity contribution is -0.137. The third kappa shape index (κ3) is 5.81. The van der Waals surface area contributed by atoms with Crippen molar-refractivity contribution in [1.82, 2.24) is 5.32 Å². The Morgan fingerprint density at radius 1 is 1.37 bits per heavy atom. The maximum absolute atomic E-state index is 12.7. The van der Waals surface area contributed by atoms with E-state index in [1.54, 1.807) is 25.1 Å². The summed E-state index contributed by atoms with van der Waals surface area (Å²) in [5.74, 6) is -1.65. The molecule has 0 fully saturated rings. The molecule has 0 aliphatic rings. The van der Waals surface area contributed by atoms with Gasteiger partial charge in [0.2, 0.25) is 5.91 Å². The van der Waals surface area contributed by atoms with E-state index in [-0.39, 0.29) is 24.2 Å². The Balaban J connectivity index is 2.54. The van der Waals surface area contributed by atoms with Crippen molar-refractivity contribution in [2.24, 2.45) is 0 Å². The molecule has 1 amide bonds. The summed E-state index contributed by atoms with van der Waals surface area (Å²) in [7, 11) is 0. The first-order valence-electron chi connectivity index (χ1n) is 5.97. The Hall–Kier alpha value is -2.17. The monoisotopic (exact) mass is 265 g/mol. The first kappa shape index (κ1) is 14.9. The molecule has 102 valence electrons. The molecule has 1 aromatic rings. The molecular weight excluding hydrogens is 249 g/mol. The number of nitrogens with one attached hydrogen (secondary N) is 1. The summed E-state index contributed by atoms with van der Waals surface area (Å²) in [5.41, 5.74) is 0.697. The number of benzene rings is 1. The van der Waals surface area contributed by atoms with Gasteiger partial charge in [-0.25, -0.2) is 4.39 Å². The van der Waals surface area contributed by atoms with E-state index >= 15 is 0 Å².